The van der Waals surface area contributed by atoms with Crippen LogP contribution in [0.4, 0.5) is 11.6 Å². The molecule has 1 amide bonds. The molecule has 0 radical (unpaired) electrons. The third kappa shape index (κ3) is 3.70. The Labute approximate surface area is 175 Å². The minimum Gasteiger partial charge on any atom is -0.451 e. The van der Waals surface area contributed by atoms with Crippen molar-refractivity contribution in [3.8, 4) is 0 Å². The second-order valence-corrected chi connectivity index (χ2v) is 7.97. The van der Waals surface area contributed by atoms with Gasteiger partial charge in [-0.05, 0) is 31.3 Å². The summed E-state index contributed by atoms with van der Waals surface area (Å²) in [7, 11) is 2.14. The number of para-hydroxylation sites is 1. The van der Waals surface area contributed by atoms with Crippen LogP contribution < -0.4 is 9.80 Å². The van der Waals surface area contributed by atoms with Crippen LogP contribution in [0.3, 0.4) is 0 Å². The van der Waals surface area contributed by atoms with Crippen molar-refractivity contribution >= 4 is 28.5 Å². The van der Waals surface area contributed by atoms with Crippen LogP contribution in [-0.2, 0) is 0 Å². The highest BCUT2D eigenvalue weighted by atomic mass is 16.3. The molecule has 5 rings (SSSR count). The van der Waals surface area contributed by atoms with Gasteiger partial charge in [-0.15, -0.1) is 10.2 Å². The second kappa shape index (κ2) is 7.95. The van der Waals surface area contributed by atoms with Crippen molar-refractivity contribution in [2.75, 3.05) is 69.2 Å². The largest absolute Gasteiger partial charge is 0.451 e. The molecule has 0 aliphatic carbocycles. The van der Waals surface area contributed by atoms with E-state index in [4.69, 9.17) is 4.42 Å². The molecule has 156 valence electrons. The fourth-order valence-electron chi connectivity index (χ4n) is 4.07. The van der Waals surface area contributed by atoms with E-state index in [2.05, 4.69) is 38.0 Å². The zero-order valence-corrected chi connectivity index (χ0v) is 17.2. The van der Waals surface area contributed by atoms with Crippen molar-refractivity contribution in [1.29, 1.82) is 0 Å². The molecule has 0 bridgehead atoms. The summed E-state index contributed by atoms with van der Waals surface area (Å²) < 4.78 is 5.74. The van der Waals surface area contributed by atoms with Gasteiger partial charge in [0.2, 0.25) is 0 Å². The molecule has 1 aromatic carbocycles. The van der Waals surface area contributed by atoms with Crippen LogP contribution in [0.5, 0.6) is 0 Å². The normalized spacial score (nSPS) is 18.2. The predicted molar refractivity (Wildman–Crippen MR) is 116 cm³/mol. The number of amides is 1. The van der Waals surface area contributed by atoms with Crippen LogP contribution in [0.15, 0.2) is 46.9 Å². The minimum absolute atomic E-state index is 0.0534. The number of nitrogens with zero attached hydrogens (tertiary/aromatic N) is 6. The third-order valence-corrected chi connectivity index (χ3v) is 5.99. The van der Waals surface area contributed by atoms with Gasteiger partial charge in [-0.3, -0.25) is 4.79 Å². The van der Waals surface area contributed by atoms with E-state index in [1.165, 1.54) is 0 Å². The number of fused-ring (bicyclic) bond motifs is 1. The van der Waals surface area contributed by atoms with E-state index in [0.29, 0.717) is 18.8 Å². The first-order chi connectivity index (χ1) is 14.7. The molecule has 2 fully saturated rings. The number of anilines is 2. The van der Waals surface area contributed by atoms with Crippen molar-refractivity contribution in [2.24, 2.45) is 0 Å². The number of carbonyl (C=O) groups is 1. The fourth-order valence-corrected chi connectivity index (χ4v) is 4.07. The number of piperazine rings is 2. The average Bonchev–Trinajstić information content (AvgIpc) is 3.24. The van der Waals surface area contributed by atoms with E-state index in [0.717, 1.165) is 61.9 Å². The monoisotopic (exact) mass is 406 g/mol. The zero-order valence-electron chi connectivity index (χ0n) is 17.2. The quantitative estimate of drug-likeness (QED) is 0.658. The van der Waals surface area contributed by atoms with E-state index >= 15 is 0 Å². The van der Waals surface area contributed by atoms with Gasteiger partial charge in [-0.2, -0.15) is 0 Å². The maximum absolute atomic E-state index is 12.8. The lowest BCUT2D eigenvalue weighted by atomic mass is 10.2. The molecule has 0 N–H and O–H groups in total. The summed E-state index contributed by atoms with van der Waals surface area (Å²) in [6, 6.07) is 13.6. The van der Waals surface area contributed by atoms with Gasteiger partial charge in [0, 0.05) is 57.7 Å². The van der Waals surface area contributed by atoms with Gasteiger partial charge >= 0.3 is 0 Å². The molecule has 0 unspecified atom stereocenters. The summed E-state index contributed by atoms with van der Waals surface area (Å²) >= 11 is 0. The van der Waals surface area contributed by atoms with Gasteiger partial charge in [0.25, 0.3) is 5.91 Å². The Morgan fingerprint density at radius 2 is 1.43 bits per heavy atom. The highest BCUT2D eigenvalue weighted by Crippen LogP contribution is 2.22. The number of hydrogen-bond donors (Lipinski definition) is 0. The van der Waals surface area contributed by atoms with Gasteiger partial charge in [0.1, 0.15) is 5.58 Å². The molecule has 3 aromatic rings. The number of aromatic nitrogens is 2. The number of hydrogen-bond acceptors (Lipinski definition) is 7. The standard InChI is InChI=1S/C22H26N6O2/c1-25-8-10-26(11-9-25)20-6-7-21(24-23-20)27-12-14-28(15-13-27)22(29)19-16-17-4-2-3-5-18(17)30-19/h2-7,16H,8-15H2,1H3. The van der Waals surface area contributed by atoms with Gasteiger partial charge in [0.15, 0.2) is 17.4 Å². The first-order valence-electron chi connectivity index (χ1n) is 10.5. The van der Waals surface area contributed by atoms with Crippen LogP contribution in [-0.4, -0.2) is 85.3 Å². The summed E-state index contributed by atoms with van der Waals surface area (Å²) in [5.41, 5.74) is 0.746. The molecular weight excluding hydrogens is 380 g/mol. The lowest BCUT2D eigenvalue weighted by Crippen LogP contribution is -2.49. The Bertz CT molecular complexity index is 985. The summed E-state index contributed by atoms with van der Waals surface area (Å²) in [4.78, 5) is 21.5. The summed E-state index contributed by atoms with van der Waals surface area (Å²) in [6.07, 6.45) is 0. The number of furan rings is 1. The molecule has 0 atom stereocenters. The Balaban J connectivity index is 1.20. The molecule has 2 aliphatic heterocycles. The molecule has 2 aromatic heterocycles. The van der Waals surface area contributed by atoms with E-state index in [-0.39, 0.29) is 5.91 Å². The van der Waals surface area contributed by atoms with Crippen LogP contribution >= 0.6 is 0 Å². The summed E-state index contributed by atoms with van der Waals surface area (Å²) in [6.45, 7) is 6.79. The van der Waals surface area contributed by atoms with Gasteiger partial charge < -0.3 is 24.0 Å². The van der Waals surface area contributed by atoms with Crippen molar-refractivity contribution in [2.45, 2.75) is 0 Å². The van der Waals surface area contributed by atoms with Gasteiger partial charge in [-0.25, -0.2) is 0 Å². The average molecular weight is 406 g/mol. The Hall–Kier alpha value is -3.13. The molecule has 30 heavy (non-hydrogen) atoms. The van der Waals surface area contributed by atoms with Crippen LogP contribution in [0.2, 0.25) is 0 Å². The van der Waals surface area contributed by atoms with Gasteiger partial charge in [-0.1, -0.05) is 18.2 Å². The van der Waals surface area contributed by atoms with E-state index < -0.39 is 0 Å². The predicted octanol–water partition coefficient (Wildman–Crippen LogP) is 1.94. The zero-order chi connectivity index (χ0) is 20.5. The number of benzene rings is 1. The summed E-state index contributed by atoms with van der Waals surface area (Å²) in [5, 5.41) is 9.85. The molecule has 8 heteroatoms. The van der Waals surface area contributed by atoms with Crippen LogP contribution in [0, 0.1) is 0 Å². The third-order valence-electron chi connectivity index (χ3n) is 5.99. The van der Waals surface area contributed by atoms with Crippen LogP contribution in [0.1, 0.15) is 10.6 Å². The Morgan fingerprint density at radius 3 is 2.03 bits per heavy atom. The molecule has 4 heterocycles. The highest BCUT2D eigenvalue weighted by molar-refractivity contribution is 5.96. The molecule has 0 spiro atoms. The maximum atomic E-state index is 12.8. The van der Waals surface area contributed by atoms with E-state index in [1.807, 2.05) is 41.3 Å². The maximum Gasteiger partial charge on any atom is 0.289 e. The fraction of sp³-hybridized carbons (Fsp3) is 0.409. The molecule has 2 aliphatic rings. The van der Waals surface area contributed by atoms with E-state index in [9.17, 15) is 4.79 Å². The lowest BCUT2D eigenvalue weighted by molar-refractivity contribution is 0.0717. The molecular formula is C22H26N6O2. The van der Waals surface area contributed by atoms with Crippen molar-refractivity contribution in [3.05, 3.63) is 48.2 Å². The number of carbonyl (C=O) groups excluding carboxylic acids is 1. The molecule has 0 saturated carbocycles. The smallest absolute Gasteiger partial charge is 0.289 e. The first-order valence-corrected chi connectivity index (χ1v) is 10.5. The molecule has 2 saturated heterocycles. The van der Waals surface area contributed by atoms with Crippen molar-refractivity contribution < 1.29 is 9.21 Å². The Kier molecular flexibility index (Phi) is 5.00. The first kappa shape index (κ1) is 18.9. The topological polar surface area (TPSA) is 69.0 Å². The number of rotatable bonds is 3. The second-order valence-electron chi connectivity index (χ2n) is 7.97. The van der Waals surface area contributed by atoms with Gasteiger partial charge in [0.05, 0.1) is 0 Å². The summed E-state index contributed by atoms with van der Waals surface area (Å²) in [5.74, 6) is 2.15. The molecule has 8 nitrogen and oxygen atoms in total. The van der Waals surface area contributed by atoms with Crippen LogP contribution in [0.25, 0.3) is 11.0 Å². The number of likely N-dealkylation sites (N-methyl/N-ethyl adjacent to an activating group) is 1. The van der Waals surface area contributed by atoms with Crippen molar-refractivity contribution in [1.82, 2.24) is 20.0 Å². The Morgan fingerprint density at radius 1 is 0.833 bits per heavy atom. The minimum atomic E-state index is -0.0534. The lowest BCUT2D eigenvalue weighted by Gasteiger charge is -2.35. The SMILES string of the molecule is CN1CCN(c2ccc(N3CCN(C(=O)c4cc5ccccc5o4)CC3)nn2)CC1. The van der Waals surface area contributed by atoms with E-state index in [1.54, 1.807) is 0 Å². The van der Waals surface area contributed by atoms with Crippen molar-refractivity contribution in [3.63, 3.8) is 0 Å². The highest BCUT2D eigenvalue weighted by Gasteiger charge is 2.25.